The summed E-state index contributed by atoms with van der Waals surface area (Å²) >= 11 is 1.77. The van der Waals surface area contributed by atoms with Crippen molar-refractivity contribution in [2.75, 3.05) is 13.1 Å². The Hall–Kier alpha value is -1.08. The molecule has 1 aromatic heterocycles. The monoisotopic (exact) mass is 270 g/mol. The van der Waals surface area contributed by atoms with Crippen molar-refractivity contribution < 1.29 is 9.32 Å². The molecule has 2 N–H and O–H groups in total. The fraction of sp³-hybridized carbons (Fsp3) is 0.727. The van der Waals surface area contributed by atoms with E-state index in [0.29, 0.717) is 24.8 Å². The highest BCUT2D eigenvalue weighted by molar-refractivity contribution is 7.99. The molecule has 6 nitrogen and oxygen atoms in total. The summed E-state index contributed by atoms with van der Waals surface area (Å²) < 4.78 is 5.39. The van der Waals surface area contributed by atoms with Crippen molar-refractivity contribution >= 4 is 17.7 Å². The van der Waals surface area contributed by atoms with E-state index < -0.39 is 0 Å². The quantitative estimate of drug-likeness (QED) is 0.848. The summed E-state index contributed by atoms with van der Waals surface area (Å²) in [5.41, 5.74) is 0. The summed E-state index contributed by atoms with van der Waals surface area (Å²) in [5, 5.41) is 9.77. The maximum Gasteiger partial charge on any atom is 0.245 e. The van der Waals surface area contributed by atoms with Crippen LogP contribution in [-0.4, -0.2) is 33.9 Å². The standard InChI is InChI=1S/C11H18N4O2S/c1-11(2,3)18-6-8-14-10(17-15-8)7-4-13-9(16)5-12-7/h7,12H,4-6H2,1-3H3,(H,13,16). The van der Waals surface area contributed by atoms with E-state index in [4.69, 9.17) is 4.52 Å². The molecule has 1 saturated heterocycles. The van der Waals surface area contributed by atoms with Gasteiger partial charge in [0.05, 0.1) is 12.3 Å². The third-order valence-electron chi connectivity index (χ3n) is 2.43. The molecule has 2 rings (SSSR count). The van der Waals surface area contributed by atoms with E-state index in [1.165, 1.54) is 0 Å². The second-order valence-electron chi connectivity index (χ2n) is 5.19. The molecule has 2 heterocycles. The molecule has 1 unspecified atom stereocenters. The molecule has 0 bridgehead atoms. The van der Waals surface area contributed by atoms with Crippen LogP contribution < -0.4 is 10.6 Å². The zero-order chi connectivity index (χ0) is 13.2. The molecule has 0 spiro atoms. The molecule has 0 aliphatic carbocycles. The molecule has 0 aromatic carbocycles. The minimum absolute atomic E-state index is 0.00530. The van der Waals surface area contributed by atoms with Crippen LogP contribution in [0.2, 0.25) is 0 Å². The van der Waals surface area contributed by atoms with Gasteiger partial charge in [-0.2, -0.15) is 4.98 Å². The highest BCUT2D eigenvalue weighted by atomic mass is 32.2. The minimum Gasteiger partial charge on any atom is -0.353 e. The maximum absolute atomic E-state index is 11.0. The zero-order valence-electron chi connectivity index (χ0n) is 10.8. The van der Waals surface area contributed by atoms with Crippen molar-refractivity contribution in [1.82, 2.24) is 20.8 Å². The Morgan fingerprint density at radius 2 is 2.28 bits per heavy atom. The molecule has 1 amide bonds. The number of aromatic nitrogens is 2. The third kappa shape index (κ3) is 3.71. The van der Waals surface area contributed by atoms with Gasteiger partial charge in [0.2, 0.25) is 11.8 Å². The first-order valence-electron chi connectivity index (χ1n) is 5.90. The number of hydrogen-bond acceptors (Lipinski definition) is 6. The predicted molar refractivity (Wildman–Crippen MR) is 69.1 cm³/mol. The Balaban J connectivity index is 1.91. The first kappa shape index (κ1) is 13.4. The molecule has 0 saturated carbocycles. The number of nitrogens with one attached hydrogen (secondary N) is 2. The summed E-state index contributed by atoms with van der Waals surface area (Å²) in [5.74, 6) is 1.96. The van der Waals surface area contributed by atoms with Crippen LogP contribution in [0.25, 0.3) is 0 Å². The van der Waals surface area contributed by atoms with E-state index >= 15 is 0 Å². The van der Waals surface area contributed by atoms with E-state index in [-0.39, 0.29) is 16.7 Å². The van der Waals surface area contributed by atoms with E-state index in [0.717, 1.165) is 5.75 Å². The number of nitrogens with zero attached hydrogens (tertiary/aromatic N) is 2. The first-order chi connectivity index (χ1) is 8.44. The van der Waals surface area contributed by atoms with Crippen LogP contribution in [-0.2, 0) is 10.5 Å². The van der Waals surface area contributed by atoms with E-state index in [1.54, 1.807) is 11.8 Å². The Bertz CT molecular complexity index is 417. The Morgan fingerprint density at radius 1 is 1.50 bits per heavy atom. The number of carbonyl (C=O) groups excluding carboxylic acids is 1. The summed E-state index contributed by atoms with van der Waals surface area (Å²) in [7, 11) is 0. The van der Waals surface area contributed by atoms with Crippen LogP contribution in [0.5, 0.6) is 0 Å². The first-order valence-corrected chi connectivity index (χ1v) is 6.89. The zero-order valence-corrected chi connectivity index (χ0v) is 11.6. The molecular weight excluding hydrogens is 252 g/mol. The van der Waals surface area contributed by atoms with Crippen LogP contribution >= 0.6 is 11.8 Å². The lowest BCUT2D eigenvalue weighted by Crippen LogP contribution is -2.47. The summed E-state index contributed by atoms with van der Waals surface area (Å²) in [6, 6.07) is -0.0800. The van der Waals surface area contributed by atoms with Crippen LogP contribution in [0.1, 0.15) is 38.5 Å². The molecule has 1 aliphatic rings. The van der Waals surface area contributed by atoms with Gasteiger partial charge in [-0.1, -0.05) is 25.9 Å². The molecule has 0 radical (unpaired) electrons. The van der Waals surface area contributed by atoms with Crippen LogP contribution in [0.3, 0.4) is 0 Å². The molecule has 1 aliphatic heterocycles. The number of rotatable bonds is 3. The molecule has 1 aromatic rings. The average Bonchev–Trinajstić information content (AvgIpc) is 2.75. The predicted octanol–water partition coefficient (Wildman–Crippen LogP) is 0.862. The number of thioether (sulfide) groups is 1. The Morgan fingerprint density at radius 3 is 2.89 bits per heavy atom. The number of hydrogen-bond donors (Lipinski definition) is 2. The van der Waals surface area contributed by atoms with Gasteiger partial charge in [-0.25, -0.2) is 0 Å². The molecule has 1 fully saturated rings. The SMILES string of the molecule is CC(C)(C)SCc1noc(C2CNC(=O)CN2)n1. The Kier molecular flexibility index (Phi) is 3.91. The number of carbonyl (C=O) groups is 1. The fourth-order valence-corrected chi connectivity index (χ4v) is 2.17. The lowest BCUT2D eigenvalue weighted by molar-refractivity contribution is -0.121. The van der Waals surface area contributed by atoms with Crippen LogP contribution in [0.15, 0.2) is 4.52 Å². The highest BCUT2D eigenvalue weighted by Gasteiger charge is 2.24. The van der Waals surface area contributed by atoms with Gasteiger partial charge in [0.15, 0.2) is 5.82 Å². The molecule has 100 valence electrons. The number of piperazine rings is 1. The maximum atomic E-state index is 11.0. The summed E-state index contributed by atoms with van der Waals surface area (Å²) in [6.45, 7) is 7.23. The van der Waals surface area contributed by atoms with Gasteiger partial charge in [-0.15, -0.1) is 11.8 Å². The van der Waals surface area contributed by atoms with Crippen molar-refractivity contribution in [1.29, 1.82) is 0 Å². The van der Waals surface area contributed by atoms with Gasteiger partial charge < -0.3 is 9.84 Å². The molecular formula is C11H18N4O2S. The molecule has 1 atom stereocenters. The average molecular weight is 270 g/mol. The van der Waals surface area contributed by atoms with Gasteiger partial charge in [0, 0.05) is 11.3 Å². The molecule has 18 heavy (non-hydrogen) atoms. The second-order valence-corrected chi connectivity index (χ2v) is 6.99. The van der Waals surface area contributed by atoms with Crippen LogP contribution in [0.4, 0.5) is 0 Å². The van der Waals surface area contributed by atoms with Gasteiger partial charge in [-0.3, -0.25) is 10.1 Å². The summed E-state index contributed by atoms with van der Waals surface area (Å²) in [6.07, 6.45) is 0. The van der Waals surface area contributed by atoms with Gasteiger partial charge >= 0.3 is 0 Å². The minimum atomic E-state index is -0.0800. The summed E-state index contributed by atoms with van der Waals surface area (Å²) in [4.78, 5) is 15.4. The van der Waals surface area contributed by atoms with Crippen molar-refractivity contribution in [2.24, 2.45) is 0 Å². The molecule has 7 heteroatoms. The van der Waals surface area contributed by atoms with E-state index in [1.807, 2.05) is 0 Å². The number of amides is 1. The van der Waals surface area contributed by atoms with Crippen LogP contribution in [0, 0.1) is 0 Å². The third-order valence-corrected chi connectivity index (χ3v) is 3.70. The van der Waals surface area contributed by atoms with Gasteiger partial charge in [-0.05, 0) is 0 Å². The Labute approximate surface area is 110 Å². The van der Waals surface area contributed by atoms with Crippen molar-refractivity contribution in [3.63, 3.8) is 0 Å². The fourth-order valence-electron chi connectivity index (χ4n) is 1.49. The highest BCUT2D eigenvalue weighted by Crippen LogP contribution is 2.26. The van der Waals surface area contributed by atoms with E-state index in [2.05, 4.69) is 41.5 Å². The lowest BCUT2D eigenvalue weighted by Gasteiger charge is -2.20. The largest absolute Gasteiger partial charge is 0.353 e. The lowest BCUT2D eigenvalue weighted by atomic mass is 10.2. The second kappa shape index (κ2) is 5.27. The van der Waals surface area contributed by atoms with E-state index in [9.17, 15) is 4.79 Å². The van der Waals surface area contributed by atoms with Crippen molar-refractivity contribution in [2.45, 2.75) is 37.3 Å². The topological polar surface area (TPSA) is 80.0 Å². The normalized spacial score (nSPS) is 20.8. The van der Waals surface area contributed by atoms with Crippen molar-refractivity contribution in [3.05, 3.63) is 11.7 Å². The van der Waals surface area contributed by atoms with Gasteiger partial charge in [0.1, 0.15) is 6.04 Å². The smallest absolute Gasteiger partial charge is 0.245 e. The van der Waals surface area contributed by atoms with Crippen molar-refractivity contribution in [3.8, 4) is 0 Å². The van der Waals surface area contributed by atoms with Gasteiger partial charge in [0.25, 0.3) is 0 Å².